The van der Waals surface area contributed by atoms with E-state index >= 15 is 0 Å². The molecule has 0 fully saturated rings. The summed E-state index contributed by atoms with van der Waals surface area (Å²) < 4.78 is 15.8. The van der Waals surface area contributed by atoms with Gasteiger partial charge >= 0.3 is 0 Å². The fourth-order valence-corrected chi connectivity index (χ4v) is 2.93. The molecule has 5 nitrogen and oxygen atoms in total. The van der Waals surface area contributed by atoms with E-state index in [0.29, 0.717) is 28.7 Å². The van der Waals surface area contributed by atoms with E-state index in [2.05, 4.69) is 5.32 Å². The van der Waals surface area contributed by atoms with E-state index in [9.17, 15) is 4.79 Å². The predicted octanol–water partition coefficient (Wildman–Crippen LogP) is 4.10. The maximum Gasteiger partial charge on any atom is 0.234 e. The zero-order valence-electron chi connectivity index (χ0n) is 15.2. The van der Waals surface area contributed by atoms with Gasteiger partial charge in [-0.2, -0.15) is 0 Å². The summed E-state index contributed by atoms with van der Waals surface area (Å²) >= 11 is 1.54. The van der Waals surface area contributed by atoms with Crippen LogP contribution in [-0.4, -0.2) is 38.7 Å². The van der Waals surface area contributed by atoms with E-state index in [-0.39, 0.29) is 5.91 Å². The van der Waals surface area contributed by atoms with Crippen molar-refractivity contribution in [2.45, 2.75) is 0 Å². The summed E-state index contributed by atoms with van der Waals surface area (Å²) in [6.07, 6.45) is 4.09. The normalized spacial score (nSPS) is 10.6. The Bertz CT molecular complexity index is 722. The van der Waals surface area contributed by atoms with E-state index in [1.807, 2.05) is 42.5 Å². The van der Waals surface area contributed by atoms with Gasteiger partial charge in [-0.25, -0.2) is 0 Å². The minimum atomic E-state index is -0.0858. The highest BCUT2D eigenvalue weighted by molar-refractivity contribution is 8.00. The summed E-state index contributed by atoms with van der Waals surface area (Å²) in [4.78, 5) is 12.1. The maximum absolute atomic E-state index is 12.1. The molecule has 2 aromatic rings. The van der Waals surface area contributed by atoms with Crippen LogP contribution in [0.1, 0.15) is 5.56 Å². The van der Waals surface area contributed by atoms with Crippen LogP contribution in [0.3, 0.4) is 0 Å². The van der Waals surface area contributed by atoms with Gasteiger partial charge in [0.05, 0.1) is 27.1 Å². The third-order valence-corrected chi connectivity index (χ3v) is 4.40. The molecule has 0 aliphatic heterocycles. The molecule has 0 heterocycles. The Kier molecular flexibility index (Phi) is 7.89. The molecule has 6 heteroatoms. The number of thioether (sulfide) groups is 1. The molecule has 2 aromatic carbocycles. The molecule has 0 bridgehead atoms. The monoisotopic (exact) mass is 373 g/mol. The summed E-state index contributed by atoms with van der Waals surface area (Å²) in [6, 6.07) is 13.5. The zero-order chi connectivity index (χ0) is 18.8. The molecule has 0 unspecified atom stereocenters. The SMILES string of the molecule is COc1cc(NC(=O)CSC/C=C/c2ccccc2)cc(OC)c1OC. The predicted molar refractivity (Wildman–Crippen MR) is 108 cm³/mol. The van der Waals surface area contributed by atoms with Crippen LogP contribution in [0.4, 0.5) is 5.69 Å². The Hall–Kier alpha value is -2.60. The lowest BCUT2D eigenvalue weighted by atomic mass is 10.2. The highest BCUT2D eigenvalue weighted by atomic mass is 32.2. The first kappa shape index (κ1) is 19.7. The molecule has 0 saturated carbocycles. The maximum atomic E-state index is 12.1. The Labute approximate surface area is 158 Å². The molecular weight excluding hydrogens is 350 g/mol. The van der Waals surface area contributed by atoms with Crippen LogP contribution in [0.15, 0.2) is 48.5 Å². The van der Waals surface area contributed by atoms with Crippen LogP contribution in [-0.2, 0) is 4.79 Å². The van der Waals surface area contributed by atoms with Gasteiger partial charge in [0.1, 0.15) is 0 Å². The van der Waals surface area contributed by atoms with Crippen LogP contribution >= 0.6 is 11.8 Å². The van der Waals surface area contributed by atoms with Crippen molar-refractivity contribution in [1.82, 2.24) is 0 Å². The molecule has 1 N–H and O–H groups in total. The lowest BCUT2D eigenvalue weighted by Crippen LogP contribution is -2.14. The quantitative estimate of drug-likeness (QED) is 0.671. The summed E-state index contributed by atoms with van der Waals surface area (Å²) in [5.74, 6) is 2.53. The number of nitrogens with one attached hydrogen (secondary N) is 1. The van der Waals surface area contributed by atoms with Crippen LogP contribution in [0.5, 0.6) is 17.2 Å². The minimum absolute atomic E-state index is 0.0858. The zero-order valence-corrected chi connectivity index (χ0v) is 16.0. The van der Waals surface area contributed by atoms with Gasteiger partial charge in [-0.3, -0.25) is 4.79 Å². The van der Waals surface area contributed by atoms with Gasteiger partial charge < -0.3 is 19.5 Å². The molecule has 138 valence electrons. The van der Waals surface area contributed by atoms with Crippen LogP contribution < -0.4 is 19.5 Å². The van der Waals surface area contributed by atoms with Gasteiger partial charge in [-0.1, -0.05) is 42.5 Å². The van der Waals surface area contributed by atoms with Crippen molar-refractivity contribution in [2.24, 2.45) is 0 Å². The summed E-state index contributed by atoms with van der Waals surface area (Å²) in [7, 11) is 4.62. The standard InChI is InChI=1S/C20H23NO4S/c1-23-17-12-16(13-18(24-2)20(17)25-3)21-19(22)14-26-11-7-10-15-8-5-4-6-9-15/h4-10,12-13H,11,14H2,1-3H3,(H,21,22)/b10-7+. The van der Waals surface area contributed by atoms with Crippen molar-refractivity contribution < 1.29 is 19.0 Å². The molecule has 2 rings (SSSR count). The Balaban J connectivity index is 1.86. The first-order valence-corrected chi connectivity index (χ1v) is 9.22. The van der Waals surface area contributed by atoms with Gasteiger partial charge in [-0.05, 0) is 5.56 Å². The molecule has 1 amide bonds. The summed E-state index contributed by atoms with van der Waals surface area (Å²) in [5.41, 5.74) is 1.75. The van der Waals surface area contributed by atoms with Crippen molar-refractivity contribution in [3.05, 3.63) is 54.1 Å². The number of hydrogen-bond acceptors (Lipinski definition) is 5. The average molecular weight is 373 g/mol. The van der Waals surface area contributed by atoms with E-state index in [4.69, 9.17) is 14.2 Å². The number of methoxy groups -OCH3 is 3. The van der Waals surface area contributed by atoms with E-state index in [1.54, 1.807) is 23.9 Å². The number of anilines is 1. The average Bonchev–Trinajstić information content (AvgIpc) is 2.67. The first-order chi connectivity index (χ1) is 12.7. The van der Waals surface area contributed by atoms with Gasteiger partial charge in [0, 0.05) is 23.6 Å². The van der Waals surface area contributed by atoms with Crippen molar-refractivity contribution in [2.75, 3.05) is 38.2 Å². The first-order valence-electron chi connectivity index (χ1n) is 8.07. The van der Waals surface area contributed by atoms with Gasteiger partial charge in [0.15, 0.2) is 11.5 Å². The topological polar surface area (TPSA) is 56.8 Å². The number of rotatable bonds is 9. The minimum Gasteiger partial charge on any atom is -0.493 e. The van der Waals surface area contributed by atoms with Gasteiger partial charge in [-0.15, -0.1) is 11.8 Å². The van der Waals surface area contributed by atoms with E-state index in [1.165, 1.54) is 21.3 Å². The second kappa shape index (κ2) is 10.4. The number of carbonyl (C=O) groups excluding carboxylic acids is 1. The van der Waals surface area contributed by atoms with Crippen LogP contribution in [0.2, 0.25) is 0 Å². The third-order valence-electron chi connectivity index (χ3n) is 3.51. The number of ether oxygens (including phenoxy) is 3. The van der Waals surface area contributed by atoms with Crippen molar-refractivity contribution in [3.63, 3.8) is 0 Å². The number of amides is 1. The number of benzene rings is 2. The van der Waals surface area contributed by atoms with Crippen LogP contribution in [0, 0.1) is 0 Å². The molecule has 0 radical (unpaired) electrons. The second-order valence-electron chi connectivity index (χ2n) is 5.29. The molecular formula is C20H23NO4S. The van der Waals surface area contributed by atoms with E-state index < -0.39 is 0 Å². The Morgan fingerprint density at radius 2 is 1.69 bits per heavy atom. The number of hydrogen-bond donors (Lipinski definition) is 1. The van der Waals surface area contributed by atoms with Crippen molar-refractivity contribution >= 4 is 29.4 Å². The molecule has 0 aliphatic carbocycles. The van der Waals surface area contributed by atoms with Gasteiger partial charge in [0.25, 0.3) is 0 Å². The molecule has 0 atom stereocenters. The van der Waals surface area contributed by atoms with Gasteiger partial charge in [0.2, 0.25) is 11.7 Å². The number of carbonyl (C=O) groups is 1. The summed E-state index contributed by atoms with van der Waals surface area (Å²) in [5, 5.41) is 2.85. The summed E-state index contributed by atoms with van der Waals surface area (Å²) in [6.45, 7) is 0. The largest absolute Gasteiger partial charge is 0.493 e. The molecule has 0 saturated heterocycles. The second-order valence-corrected chi connectivity index (χ2v) is 6.32. The van der Waals surface area contributed by atoms with Crippen molar-refractivity contribution in [3.8, 4) is 17.2 Å². The van der Waals surface area contributed by atoms with Crippen LogP contribution in [0.25, 0.3) is 6.08 Å². The molecule has 0 aromatic heterocycles. The Morgan fingerprint density at radius 1 is 1.04 bits per heavy atom. The van der Waals surface area contributed by atoms with E-state index in [0.717, 1.165) is 11.3 Å². The Morgan fingerprint density at radius 3 is 2.27 bits per heavy atom. The smallest absolute Gasteiger partial charge is 0.234 e. The lowest BCUT2D eigenvalue weighted by Gasteiger charge is -2.14. The fraction of sp³-hybridized carbons (Fsp3) is 0.250. The third kappa shape index (κ3) is 5.74. The molecule has 26 heavy (non-hydrogen) atoms. The molecule has 0 aliphatic rings. The highest BCUT2D eigenvalue weighted by Gasteiger charge is 2.14. The van der Waals surface area contributed by atoms with Crippen molar-refractivity contribution in [1.29, 1.82) is 0 Å². The fourth-order valence-electron chi connectivity index (χ4n) is 2.32. The lowest BCUT2D eigenvalue weighted by molar-refractivity contribution is -0.113. The highest BCUT2D eigenvalue weighted by Crippen LogP contribution is 2.39. The molecule has 0 spiro atoms.